The van der Waals surface area contributed by atoms with E-state index in [1.54, 1.807) is 10.6 Å². The maximum Gasteiger partial charge on any atom is 0.263 e. The van der Waals surface area contributed by atoms with Gasteiger partial charge in [-0.25, -0.2) is 12.8 Å². The van der Waals surface area contributed by atoms with Gasteiger partial charge in [-0.3, -0.25) is 4.72 Å². The molecule has 3 N–H and O–H groups in total. The van der Waals surface area contributed by atoms with E-state index >= 15 is 0 Å². The van der Waals surface area contributed by atoms with Crippen LogP contribution in [0.5, 0.6) is 0 Å². The summed E-state index contributed by atoms with van der Waals surface area (Å²) in [6.45, 7) is 2.72. The zero-order valence-electron chi connectivity index (χ0n) is 11.3. The number of aromatic nitrogens is 1. The van der Waals surface area contributed by atoms with E-state index in [-0.39, 0.29) is 17.1 Å². The quantitative estimate of drug-likeness (QED) is 0.843. The summed E-state index contributed by atoms with van der Waals surface area (Å²) in [6, 6.07) is 5.71. The number of benzene rings is 1. The number of hydrogen-bond acceptors (Lipinski definition) is 3. The number of halogens is 2. The van der Waals surface area contributed by atoms with E-state index in [1.165, 1.54) is 24.4 Å². The summed E-state index contributed by atoms with van der Waals surface area (Å²) >= 11 is 3.13. The molecule has 0 bridgehead atoms. The van der Waals surface area contributed by atoms with Crippen molar-refractivity contribution in [2.24, 2.45) is 5.73 Å². The van der Waals surface area contributed by atoms with E-state index in [4.69, 9.17) is 5.73 Å². The van der Waals surface area contributed by atoms with Gasteiger partial charge in [0.2, 0.25) is 0 Å². The fourth-order valence-corrected chi connectivity index (χ4v) is 3.65. The van der Waals surface area contributed by atoms with Gasteiger partial charge in [-0.1, -0.05) is 6.07 Å². The molecular formula is C13H15BrFN3O2S. The van der Waals surface area contributed by atoms with Crippen LogP contribution in [0.4, 0.5) is 10.1 Å². The van der Waals surface area contributed by atoms with Gasteiger partial charge in [0.15, 0.2) is 0 Å². The molecule has 0 saturated heterocycles. The molecule has 1 aromatic carbocycles. The minimum Gasteiger partial charge on any atom is -0.349 e. The first kappa shape index (κ1) is 16.0. The molecule has 2 rings (SSSR count). The first-order valence-corrected chi connectivity index (χ1v) is 8.52. The number of aryl methyl sites for hydroxylation is 1. The highest BCUT2D eigenvalue weighted by Crippen LogP contribution is 2.28. The zero-order valence-corrected chi connectivity index (χ0v) is 13.7. The molecule has 0 radical (unpaired) electrons. The summed E-state index contributed by atoms with van der Waals surface area (Å²) in [6.07, 6.45) is 1.49. The summed E-state index contributed by atoms with van der Waals surface area (Å²) in [7, 11) is -3.88. The molecule has 0 spiro atoms. The minimum absolute atomic E-state index is 0.0555. The van der Waals surface area contributed by atoms with E-state index in [0.717, 1.165) is 0 Å². The number of nitrogens with one attached hydrogen (secondary N) is 1. The predicted molar refractivity (Wildman–Crippen MR) is 82.9 cm³/mol. The summed E-state index contributed by atoms with van der Waals surface area (Å²) in [5, 5.41) is 0. The molecule has 1 aromatic heterocycles. The van der Waals surface area contributed by atoms with Gasteiger partial charge in [-0.15, -0.1) is 0 Å². The lowest BCUT2D eigenvalue weighted by Gasteiger charge is -2.09. The van der Waals surface area contributed by atoms with Crippen LogP contribution in [0.1, 0.15) is 12.6 Å². The van der Waals surface area contributed by atoms with Crippen molar-refractivity contribution < 1.29 is 12.8 Å². The van der Waals surface area contributed by atoms with Crippen LogP contribution >= 0.6 is 15.9 Å². The Morgan fingerprint density at radius 3 is 2.67 bits per heavy atom. The molecule has 0 aliphatic heterocycles. The van der Waals surface area contributed by atoms with E-state index in [2.05, 4.69) is 20.7 Å². The molecule has 5 nitrogen and oxygen atoms in total. The van der Waals surface area contributed by atoms with Crippen molar-refractivity contribution in [2.75, 3.05) is 4.72 Å². The fourth-order valence-electron chi connectivity index (χ4n) is 1.93. The number of anilines is 1. The third-order valence-corrected chi connectivity index (χ3v) is 5.00. The lowest BCUT2D eigenvalue weighted by atomic mass is 10.3. The number of nitrogens with zero attached hydrogens (tertiary/aromatic N) is 1. The Morgan fingerprint density at radius 1 is 1.43 bits per heavy atom. The third-order valence-electron chi connectivity index (χ3n) is 3.02. The van der Waals surface area contributed by atoms with Gasteiger partial charge in [0, 0.05) is 29.5 Å². The molecule has 1 heterocycles. The number of para-hydroxylation sites is 1. The summed E-state index contributed by atoms with van der Waals surface area (Å²) in [5.74, 6) is -0.651. The van der Waals surface area contributed by atoms with Gasteiger partial charge in [0.25, 0.3) is 10.0 Å². The summed E-state index contributed by atoms with van der Waals surface area (Å²) < 4.78 is 42.8. The van der Waals surface area contributed by atoms with Crippen LogP contribution in [0.2, 0.25) is 0 Å². The Kier molecular flexibility index (Phi) is 4.70. The van der Waals surface area contributed by atoms with Crippen LogP contribution in [0.3, 0.4) is 0 Å². The molecule has 0 aliphatic rings. The predicted octanol–water partition coefficient (Wildman–Crippen LogP) is 2.67. The van der Waals surface area contributed by atoms with Crippen LogP contribution in [-0.2, 0) is 23.1 Å². The second-order valence-electron chi connectivity index (χ2n) is 4.36. The van der Waals surface area contributed by atoms with Crippen molar-refractivity contribution in [3.63, 3.8) is 0 Å². The number of nitrogens with two attached hydrogens (primary N) is 1. The maximum absolute atomic E-state index is 13.7. The van der Waals surface area contributed by atoms with Gasteiger partial charge in [-0.05, 0) is 41.1 Å². The highest BCUT2D eigenvalue weighted by molar-refractivity contribution is 9.10. The fraction of sp³-hybridized carbons (Fsp3) is 0.231. The van der Waals surface area contributed by atoms with E-state index in [0.29, 0.717) is 16.7 Å². The Bertz CT molecular complexity index is 717. The van der Waals surface area contributed by atoms with Crippen molar-refractivity contribution in [3.8, 4) is 0 Å². The van der Waals surface area contributed by atoms with Crippen LogP contribution in [0.25, 0.3) is 0 Å². The third kappa shape index (κ3) is 3.28. The van der Waals surface area contributed by atoms with Crippen LogP contribution in [-0.4, -0.2) is 13.0 Å². The Balaban J connectivity index is 2.41. The zero-order chi connectivity index (χ0) is 15.6. The Labute approximate surface area is 131 Å². The second kappa shape index (κ2) is 6.17. The average Bonchev–Trinajstić information content (AvgIpc) is 2.87. The SMILES string of the molecule is CCn1cc(S(=O)(=O)Nc2c(F)cccc2Br)cc1CN. The lowest BCUT2D eigenvalue weighted by Crippen LogP contribution is -2.14. The van der Waals surface area contributed by atoms with Gasteiger partial charge < -0.3 is 10.3 Å². The molecule has 2 aromatic rings. The number of hydrogen-bond donors (Lipinski definition) is 2. The molecule has 0 aliphatic carbocycles. The van der Waals surface area contributed by atoms with Crippen molar-refractivity contribution in [1.82, 2.24) is 4.57 Å². The Hall–Kier alpha value is -1.38. The van der Waals surface area contributed by atoms with Crippen LogP contribution in [0, 0.1) is 5.82 Å². The molecule has 0 atom stereocenters. The topological polar surface area (TPSA) is 77.1 Å². The first-order valence-electron chi connectivity index (χ1n) is 6.25. The molecule has 114 valence electrons. The van der Waals surface area contributed by atoms with E-state index in [9.17, 15) is 12.8 Å². The second-order valence-corrected chi connectivity index (χ2v) is 6.90. The number of rotatable bonds is 5. The van der Waals surface area contributed by atoms with Crippen molar-refractivity contribution in [2.45, 2.75) is 24.9 Å². The lowest BCUT2D eigenvalue weighted by molar-refractivity contribution is 0.598. The molecule has 0 fully saturated rings. The number of sulfonamides is 1. The van der Waals surface area contributed by atoms with Crippen LogP contribution in [0.15, 0.2) is 39.8 Å². The van der Waals surface area contributed by atoms with Crippen molar-refractivity contribution >= 4 is 31.6 Å². The smallest absolute Gasteiger partial charge is 0.263 e. The summed E-state index contributed by atoms with van der Waals surface area (Å²) in [4.78, 5) is 0.0555. The molecular weight excluding hydrogens is 361 g/mol. The maximum atomic E-state index is 13.7. The van der Waals surface area contributed by atoms with Crippen molar-refractivity contribution in [3.05, 3.63) is 46.4 Å². The van der Waals surface area contributed by atoms with Crippen molar-refractivity contribution in [1.29, 1.82) is 0 Å². The van der Waals surface area contributed by atoms with E-state index in [1.807, 2.05) is 6.92 Å². The molecule has 8 heteroatoms. The molecule has 0 unspecified atom stereocenters. The normalized spacial score (nSPS) is 11.6. The highest BCUT2D eigenvalue weighted by Gasteiger charge is 2.20. The standard InChI is InChI=1S/C13H15BrFN3O2S/c1-2-18-8-10(6-9(18)7-16)21(19,20)17-13-11(14)4-3-5-12(13)15/h3-6,8,17H,2,7,16H2,1H3. The van der Waals surface area contributed by atoms with Gasteiger partial charge in [-0.2, -0.15) is 0 Å². The molecule has 0 amide bonds. The average molecular weight is 376 g/mol. The minimum atomic E-state index is -3.88. The highest BCUT2D eigenvalue weighted by atomic mass is 79.9. The monoisotopic (exact) mass is 375 g/mol. The van der Waals surface area contributed by atoms with Gasteiger partial charge in [0.05, 0.1) is 5.69 Å². The first-order chi connectivity index (χ1) is 9.89. The van der Waals surface area contributed by atoms with Crippen LogP contribution < -0.4 is 10.5 Å². The largest absolute Gasteiger partial charge is 0.349 e. The molecule has 21 heavy (non-hydrogen) atoms. The Morgan fingerprint density at radius 2 is 2.14 bits per heavy atom. The van der Waals surface area contributed by atoms with Gasteiger partial charge in [0.1, 0.15) is 10.7 Å². The summed E-state index contributed by atoms with van der Waals surface area (Å²) in [5.41, 5.74) is 6.16. The van der Waals surface area contributed by atoms with Gasteiger partial charge >= 0.3 is 0 Å². The molecule has 0 saturated carbocycles. The van der Waals surface area contributed by atoms with E-state index < -0.39 is 15.8 Å².